The molecule has 0 aliphatic carbocycles. The second kappa shape index (κ2) is 18.0. The SMILES string of the molecule is C[C@@H]1O[C@@H](O[C@H]2[C@H](O[C@H]3[C@H](O)[C@@H](CO[C@H]4O[C@H](CO)[C@@H](O)[C@H](O)[C@H]4O)O[C@@H]3C(=O)O)O[C@@H](C)[C@H](O)[C@H]2O)[C@H](O[C@@H]2O[C@H](CO)[C@H](O)[C@H](O)[C@H]2O)[C@H](O)[C@H]1O. The lowest BCUT2D eigenvalue weighted by Gasteiger charge is -2.48. The van der Waals surface area contributed by atoms with Crippen molar-refractivity contribution in [2.75, 3.05) is 19.8 Å². The summed E-state index contributed by atoms with van der Waals surface area (Å²) in [5, 5.41) is 145. The molecule has 5 aliphatic rings. The minimum Gasteiger partial charge on any atom is -0.479 e. The Hall–Kier alpha value is -1.41. The highest BCUT2D eigenvalue weighted by atomic mass is 16.8. The van der Waals surface area contributed by atoms with Crippen LogP contribution in [0.15, 0.2) is 0 Å². The lowest BCUT2D eigenvalue weighted by Crippen LogP contribution is -2.66. The van der Waals surface area contributed by atoms with Crippen LogP contribution in [0.4, 0.5) is 0 Å². The molecule has 5 heterocycles. The molecule has 5 aliphatic heterocycles. The van der Waals surface area contributed by atoms with Crippen molar-refractivity contribution in [2.24, 2.45) is 0 Å². The molecule has 0 aromatic rings. The van der Waals surface area contributed by atoms with Crippen LogP contribution in [0.5, 0.6) is 0 Å². The van der Waals surface area contributed by atoms with Gasteiger partial charge in [-0.3, -0.25) is 0 Å². The van der Waals surface area contributed by atoms with Gasteiger partial charge in [0, 0.05) is 0 Å². The molecule has 0 saturated carbocycles. The fraction of sp³-hybridized carbons (Fsp3) is 0.967. The van der Waals surface area contributed by atoms with Crippen molar-refractivity contribution < 1.29 is 119 Å². The fourth-order valence-corrected chi connectivity index (χ4v) is 6.78. The first-order valence-electron chi connectivity index (χ1n) is 17.2. The van der Waals surface area contributed by atoms with Crippen molar-refractivity contribution in [3.8, 4) is 0 Å². The standard InChI is InChI=1S/C30H50O24/c1-6-12(34)19(41)24(54-30-23(18(40)11(33)7(2)48-30)53-28-21(43)17(39)14(36)9(4-32)51-28)29(47-6)52-22-15(37)10(49-25(22)26(44)45)5-46-27-20(42)16(38)13(35)8(3-31)50-27/h6-25,27-43H,3-5H2,1-2H3,(H,44,45)/t6-,7-,8+,9+,10+,11-,12-,13+,14-,15+,16-,17-,18+,19+,20+,21+,22-,23+,24+,25-,27-,28-,29-,30-/m0/s1. The Kier molecular flexibility index (Phi) is 14.6. The molecule has 0 bridgehead atoms. The first kappa shape index (κ1) is 43.7. The molecule has 5 fully saturated rings. The molecule has 5 saturated heterocycles. The molecule has 0 spiro atoms. The molecule has 0 amide bonds. The first-order valence-corrected chi connectivity index (χ1v) is 17.2. The number of carboxylic acids is 1. The van der Waals surface area contributed by atoms with Gasteiger partial charge < -0.3 is 114 Å². The van der Waals surface area contributed by atoms with E-state index in [0.29, 0.717) is 0 Å². The number of carbonyl (C=O) groups is 1. The van der Waals surface area contributed by atoms with Crippen LogP contribution in [-0.4, -0.2) is 245 Å². The highest BCUT2D eigenvalue weighted by Crippen LogP contribution is 2.36. The molecule has 24 atom stereocenters. The molecule has 54 heavy (non-hydrogen) atoms. The number of carboxylic acid groups (broad SMARTS) is 1. The maximum absolute atomic E-state index is 12.3. The molecule has 0 aromatic heterocycles. The number of hydrogen-bond donors (Lipinski definition) is 14. The zero-order valence-corrected chi connectivity index (χ0v) is 28.8. The topological polar surface area (TPSA) is 383 Å². The van der Waals surface area contributed by atoms with Crippen LogP contribution in [0.3, 0.4) is 0 Å². The highest BCUT2D eigenvalue weighted by molar-refractivity contribution is 5.73. The van der Waals surface area contributed by atoms with Crippen LogP contribution >= 0.6 is 0 Å². The molecule has 0 radical (unpaired) electrons. The Morgan fingerprint density at radius 1 is 0.463 bits per heavy atom. The van der Waals surface area contributed by atoms with Gasteiger partial charge in [-0.25, -0.2) is 4.79 Å². The van der Waals surface area contributed by atoms with Crippen molar-refractivity contribution in [3.05, 3.63) is 0 Å². The molecular weight excluding hydrogens is 744 g/mol. The minimum absolute atomic E-state index is 0.693. The third-order valence-corrected chi connectivity index (χ3v) is 10.1. The van der Waals surface area contributed by atoms with E-state index in [2.05, 4.69) is 0 Å². The van der Waals surface area contributed by atoms with E-state index in [1.54, 1.807) is 0 Å². The average molecular weight is 795 g/mol. The zero-order valence-electron chi connectivity index (χ0n) is 28.8. The summed E-state index contributed by atoms with van der Waals surface area (Å²) in [7, 11) is 0. The van der Waals surface area contributed by atoms with Gasteiger partial charge in [-0.15, -0.1) is 0 Å². The molecule has 5 rings (SSSR count). The first-order chi connectivity index (χ1) is 25.4. The second-order valence-electron chi connectivity index (χ2n) is 13.8. The van der Waals surface area contributed by atoms with Gasteiger partial charge in [0.05, 0.1) is 32.0 Å². The maximum Gasteiger partial charge on any atom is 0.335 e. The van der Waals surface area contributed by atoms with Crippen LogP contribution in [-0.2, 0) is 47.4 Å². The Morgan fingerprint density at radius 3 is 1.35 bits per heavy atom. The largest absolute Gasteiger partial charge is 0.479 e. The average Bonchev–Trinajstić information content (AvgIpc) is 3.45. The normalized spacial score (nSPS) is 53.0. The minimum atomic E-state index is -1.97. The molecular formula is C30H50O24. The van der Waals surface area contributed by atoms with Gasteiger partial charge in [0.1, 0.15) is 104 Å². The Bertz CT molecular complexity index is 1210. The van der Waals surface area contributed by atoms with Crippen LogP contribution in [0.1, 0.15) is 13.8 Å². The van der Waals surface area contributed by atoms with Gasteiger partial charge in [0.15, 0.2) is 31.3 Å². The summed E-state index contributed by atoms with van der Waals surface area (Å²) in [6.45, 7) is 0.353. The summed E-state index contributed by atoms with van der Waals surface area (Å²) < 4.78 is 50.3. The second-order valence-corrected chi connectivity index (χ2v) is 13.8. The highest BCUT2D eigenvalue weighted by Gasteiger charge is 2.56. The summed E-state index contributed by atoms with van der Waals surface area (Å²) >= 11 is 0. The zero-order chi connectivity index (χ0) is 39.9. The summed E-state index contributed by atoms with van der Waals surface area (Å²) in [5.41, 5.74) is 0. The predicted octanol–water partition coefficient (Wildman–Crippen LogP) is -9.10. The molecule has 0 aromatic carbocycles. The van der Waals surface area contributed by atoms with E-state index in [1.165, 1.54) is 13.8 Å². The molecule has 24 heteroatoms. The van der Waals surface area contributed by atoms with Crippen LogP contribution < -0.4 is 0 Å². The maximum atomic E-state index is 12.3. The molecule has 14 N–H and O–H groups in total. The number of hydrogen-bond acceptors (Lipinski definition) is 23. The number of ether oxygens (including phenoxy) is 9. The predicted molar refractivity (Wildman–Crippen MR) is 163 cm³/mol. The van der Waals surface area contributed by atoms with Crippen LogP contribution in [0.25, 0.3) is 0 Å². The number of aliphatic hydroxyl groups is 13. The van der Waals surface area contributed by atoms with E-state index in [9.17, 15) is 76.3 Å². The lowest BCUT2D eigenvalue weighted by atomic mass is 9.96. The Labute approximate surface area is 306 Å². The monoisotopic (exact) mass is 794 g/mol. The van der Waals surface area contributed by atoms with Gasteiger partial charge >= 0.3 is 5.97 Å². The van der Waals surface area contributed by atoms with Gasteiger partial charge in [0.25, 0.3) is 0 Å². The van der Waals surface area contributed by atoms with E-state index in [1.807, 2.05) is 0 Å². The van der Waals surface area contributed by atoms with Crippen LogP contribution in [0.2, 0.25) is 0 Å². The van der Waals surface area contributed by atoms with Crippen molar-refractivity contribution in [2.45, 2.75) is 161 Å². The summed E-state index contributed by atoms with van der Waals surface area (Å²) in [6.07, 6.45) is -41.4. The molecule has 0 unspecified atom stereocenters. The Balaban J connectivity index is 1.34. The van der Waals surface area contributed by atoms with Crippen LogP contribution in [0, 0.1) is 0 Å². The number of rotatable bonds is 12. The van der Waals surface area contributed by atoms with E-state index in [-0.39, 0.29) is 0 Å². The molecule has 314 valence electrons. The summed E-state index contributed by atoms with van der Waals surface area (Å²) in [4.78, 5) is 12.3. The van der Waals surface area contributed by atoms with Crippen molar-refractivity contribution in [1.29, 1.82) is 0 Å². The smallest absolute Gasteiger partial charge is 0.335 e. The van der Waals surface area contributed by atoms with E-state index in [0.717, 1.165) is 0 Å². The van der Waals surface area contributed by atoms with E-state index >= 15 is 0 Å². The van der Waals surface area contributed by atoms with Gasteiger partial charge in [-0.2, -0.15) is 0 Å². The third-order valence-electron chi connectivity index (χ3n) is 10.1. The fourth-order valence-electron chi connectivity index (χ4n) is 6.78. The number of aliphatic carboxylic acids is 1. The summed E-state index contributed by atoms with van der Waals surface area (Å²) in [6, 6.07) is 0. The van der Waals surface area contributed by atoms with Crippen molar-refractivity contribution >= 4 is 5.97 Å². The lowest BCUT2D eigenvalue weighted by molar-refractivity contribution is -0.393. The third kappa shape index (κ3) is 8.70. The summed E-state index contributed by atoms with van der Waals surface area (Å²) in [5.74, 6) is -1.65. The Morgan fingerprint density at radius 2 is 0.889 bits per heavy atom. The van der Waals surface area contributed by atoms with E-state index in [4.69, 9.17) is 42.6 Å². The van der Waals surface area contributed by atoms with Gasteiger partial charge in [-0.1, -0.05) is 0 Å². The van der Waals surface area contributed by atoms with Crippen molar-refractivity contribution in [3.63, 3.8) is 0 Å². The quantitative estimate of drug-likeness (QED) is 0.0872. The number of aliphatic hydroxyl groups excluding tert-OH is 13. The van der Waals surface area contributed by atoms with Gasteiger partial charge in [0.2, 0.25) is 0 Å². The van der Waals surface area contributed by atoms with Gasteiger partial charge in [-0.05, 0) is 13.8 Å². The van der Waals surface area contributed by atoms with E-state index < -0.39 is 173 Å². The van der Waals surface area contributed by atoms with Crippen molar-refractivity contribution in [1.82, 2.24) is 0 Å². The molecule has 24 nitrogen and oxygen atoms in total.